The van der Waals surface area contributed by atoms with Gasteiger partial charge in [-0.05, 0) is 50.4 Å². The second-order valence-electron chi connectivity index (χ2n) is 4.91. The average molecular weight is 168 g/mol. The van der Waals surface area contributed by atoms with Gasteiger partial charge in [0, 0.05) is 0 Å². The molecule has 0 bridgehead atoms. The summed E-state index contributed by atoms with van der Waals surface area (Å²) in [5.41, 5.74) is -0.325. The third kappa shape index (κ3) is 1.10. The van der Waals surface area contributed by atoms with Crippen LogP contribution in [0.25, 0.3) is 0 Å². The molecule has 2 aliphatic rings. The largest absolute Gasteiger partial charge is 0.390 e. The summed E-state index contributed by atoms with van der Waals surface area (Å²) in [6.45, 7) is 4.33. The molecule has 0 saturated heterocycles. The lowest BCUT2D eigenvalue weighted by molar-refractivity contribution is 0.0152. The molecule has 0 aromatic rings. The predicted molar refractivity (Wildman–Crippen MR) is 49.9 cm³/mol. The molecular formula is C11H20O. The van der Waals surface area contributed by atoms with Crippen molar-refractivity contribution in [2.45, 2.75) is 51.6 Å². The predicted octanol–water partition coefficient (Wildman–Crippen LogP) is 2.58. The first-order chi connectivity index (χ1) is 5.65. The second-order valence-corrected chi connectivity index (χ2v) is 4.91. The van der Waals surface area contributed by atoms with Crippen LogP contribution in [0.1, 0.15) is 46.0 Å². The van der Waals surface area contributed by atoms with Gasteiger partial charge in [0.2, 0.25) is 0 Å². The number of aliphatic hydroxyl groups is 1. The maximum atomic E-state index is 10.1. The van der Waals surface area contributed by atoms with E-state index in [0.29, 0.717) is 5.92 Å². The van der Waals surface area contributed by atoms with Crippen LogP contribution < -0.4 is 0 Å². The number of hydrogen-bond donors (Lipinski definition) is 1. The minimum atomic E-state index is -0.325. The molecule has 1 N–H and O–H groups in total. The van der Waals surface area contributed by atoms with E-state index in [1.54, 1.807) is 0 Å². The standard InChI is InChI=1S/C11H20O/c1-3-8-4-5-10-9(8)6-7-11(10,2)12/h8-10,12H,3-7H2,1-2H3/t8-,9-,10+,11-/m1/s1. The maximum absolute atomic E-state index is 10.1. The van der Waals surface area contributed by atoms with Crippen molar-refractivity contribution < 1.29 is 5.11 Å². The summed E-state index contributed by atoms with van der Waals surface area (Å²) in [5, 5.41) is 10.1. The van der Waals surface area contributed by atoms with Crippen LogP contribution in [0.15, 0.2) is 0 Å². The highest BCUT2D eigenvalue weighted by molar-refractivity contribution is 5.00. The zero-order valence-corrected chi connectivity index (χ0v) is 8.21. The summed E-state index contributed by atoms with van der Waals surface area (Å²) < 4.78 is 0. The fourth-order valence-corrected chi connectivity index (χ4v) is 3.51. The SMILES string of the molecule is CC[C@@H]1CC[C@H]2[C@@H]1CC[C@@]2(C)O. The molecule has 0 heterocycles. The molecule has 12 heavy (non-hydrogen) atoms. The van der Waals surface area contributed by atoms with E-state index in [9.17, 15) is 5.11 Å². The van der Waals surface area contributed by atoms with E-state index < -0.39 is 0 Å². The molecule has 0 amide bonds. The Balaban J connectivity index is 2.11. The van der Waals surface area contributed by atoms with Crippen molar-refractivity contribution in [3.05, 3.63) is 0 Å². The van der Waals surface area contributed by atoms with Gasteiger partial charge in [0.1, 0.15) is 0 Å². The van der Waals surface area contributed by atoms with Gasteiger partial charge in [-0.3, -0.25) is 0 Å². The van der Waals surface area contributed by atoms with Crippen molar-refractivity contribution in [3.63, 3.8) is 0 Å². The Morgan fingerprint density at radius 3 is 2.75 bits per heavy atom. The maximum Gasteiger partial charge on any atom is 0.0650 e. The topological polar surface area (TPSA) is 20.2 Å². The highest BCUT2D eigenvalue weighted by Gasteiger charge is 2.49. The van der Waals surface area contributed by atoms with E-state index in [1.807, 2.05) is 6.92 Å². The summed E-state index contributed by atoms with van der Waals surface area (Å²) in [4.78, 5) is 0. The van der Waals surface area contributed by atoms with Gasteiger partial charge in [0.05, 0.1) is 5.60 Å². The van der Waals surface area contributed by atoms with Crippen LogP contribution in [0.5, 0.6) is 0 Å². The van der Waals surface area contributed by atoms with Crippen molar-refractivity contribution in [3.8, 4) is 0 Å². The minimum Gasteiger partial charge on any atom is -0.390 e. The fraction of sp³-hybridized carbons (Fsp3) is 1.00. The Morgan fingerprint density at radius 1 is 1.33 bits per heavy atom. The van der Waals surface area contributed by atoms with Crippen LogP contribution in [0.4, 0.5) is 0 Å². The van der Waals surface area contributed by atoms with Gasteiger partial charge in [-0.25, -0.2) is 0 Å². The van der Waals surface area contributed by atoms with Crippen LogP contribution in [0.2, 0.25) is 0 Å². The molecule has 0 aromatic heterocycles. The average Bonchev–Trinajstić information content (AvgIpc) is 2.53. The fourth-order valence-electron chi connectivity index (χ4n) is 3.51. The molecule has 0 spiro atoms. The molecule has 2 rings (SSSR count). The van der Waals surface area contributed by atoms with Gasteiger partial charge in [-0.15, -0.1) is 0 Å². The van der Waals surface area contributed by atoms with E-state index in [-0.39, 0.29) is 5.60 Å². The Morgan fingerprint density at radius 2 is 2.08 bits per heavy atom. The van der Waals surface area contributed by atoms with Crippen molar-refractivity contribution in [1.29, 1.82) is 0 Å². The molecule has 0 unspecified atom stereocenters. The lowest BCUT2D eigenvalue weighted by atomic mass is 9.86. The third-order valence-electron chi connectivity index (χ3n) is 4.28. The lowest BCUT2D eigenvalue weighted by Crippen LogP contribution is -2.29. The van der Waals surface area contributed by atoms with Crippen LogP contribution in [-0.4, -0.2) is 10.7 Å². The summed E-state index contributed by atoms with van der Waals surface area (Å²) in [6.07, 6.45) is 6.27. The minimum absolute atomic E-state index is 0.325. The summed E-state index contributed by atoms with van der Waals surface area (Å²) in [5.74, 6) is 2.40. The molecule has 2 saturated carbocycles. The number of rotatable bonds is 1. The molecule has 1 nitrogen and oxygen atoms in total. The van der Waals surface area contributed by atoms with Crippen molar-refractivity contribution in [2.24, 2.45) is 17.8 Å². The Kier molecular flexibility index (Phi) is 1.95. The molecule has 2 fully saturated rings. The first-order valence-electron chi connectivity index (χ1n) is 5.37. The molecule has 0 radical (unpaired) electrons. The van der Waals surface area contributed by atoms with Gasteiger partial charge in [0.25, 0.3) is 0 Å². The zero-order chi connectivity index (χ0) is 8.77. The Bertz CT molecular complexity index is 174. The highest BCUT2D eigenvalue weighted by atomic mass is 16.3. The quantitative estimate of drug-likeness (QED) is 0.638. The Labute approximate surface area is 75.2 Å². The summed E-state index contributed by atoms with van der Waals surface area (Å²) in [7, 11) is 0. The van der Waals surface area contributed by atoms with Crippen LogP contribution in [-0.2, 0) is 0 Å². The highest BCUT2D eigenvalue weighted by Crippen LogP contribution is 2.53. The smallest absolute Gasteiger partial charge is 0.0650 e. The van der Waals surface area contributed by atoms with Crippen molar-refractivity contribution >= 4 is 0 Å². The normalized spacial score (nSPS) is 52.8. The third-order valence-corrected chi connectivity index (χ3v) is 4.28. The van der Waals surface area contributed by atoms with Gasteiger partial charge in [-0.2, -0.15) is 0 Å². The first-order valence-corrected chi connectivity index (χ1v) is 5.37. The first kappa shape index (κ1) is 8.55. The number of fused-ring (bicyclic) bond motifs is 1. The monoisotopic (exact) mass is 168 g/mol. The summed E-state index contributed by atoms with van der Waals surface area (Å²) >= 11 is 0. The second kappa shape index (κ2) is 2.73. The molecule has 0 aliphatic heterocycles. The van der Waals surface area contributed by atoms with E-state index in [0.717, 1.165) is 18.3 Å². The molecule has 4 atom stereocenters. The van der Waals surface area contributed by atoms with Gasteiger partial charge >= 0.3 is 0 Å². The molecule has 70 valence electrons. The molecule has 0 aromatic carbocycles. The van der Waals surface area contributed by atoms with Crippen LogP contribution >= 0.6 is 0 Å². The van der Waals surface area contributed by atoms with E-state index in [1.165, 1.54) is 25.7 Å². The van der Waals surface area contributed by atoms with Crippen LogP contribution in [0, 0.1) is 17.8 Å². The van der Waals surface area contributed by atoms with Gasteiger partial charge < -0.3 is 5.11 Å². The van der Waals surface area contributed by atoms with E-state index in [4.69, 9.17) is 0 Å². The number of hydrogen-bond acceptors (Lipinski definition) is 1. The van der Waals surface area contributed by atoms with Crippen molar-refractivity contribution in [2.75, 3.05) is 0 Å². The van der Waals surface area contributed by atoms with E-state index in [2.05, 4.69) is 6.92 Å². The van der Waals surface area contributed by atoms with E-state index >= 15 is 0 Å². The van der Waals surface area contributed by atoms with Crippen molar-refractivity contribution in [1.82, 2.24) is 0 Å². The molecular weight excluding hydrogens is 148 g/mol. The van der Waals surface area contributed by atoms with Gasteiger partial charge in [-0.1, -0.05) is 13.3 Å². The summed E-state index contributed by atoms with van der Waals surface area (Å²) in [6, 6.07) is 0. The van der Waals surface area contributed by atoms with Gasteiger partial charge in [0.15, 0.2) is 0 Å². The zero-order valence-electron chi connectivity index (χ0n) is 8.21. The molecule has 1 heteroatoms. The van der Waals surface area contributed by atoms with Crippen LogP contribution in [0.3, 0.4) is 0 Å². The molecule has 2 aliphatic carbocycles. The lowest BCUT2D eigenvalue weighted by Gasteiger charge is -2.25. The Hall–Kier alpha value is -0.0400.